The second kappa shape index (κ2) is 11.4. The van der Waals surface area contributed by atoms with E-state index in [9.17, 15) is 19.2 Å². The normalized spacial score (nSPS) is 14.6. The number of nitriles is 1. The van der Waals surface area contributed by atoms with Gasteiger partial charge in [-0.25, -0.2) is 4.39 Å². The molecule has 6 nitrogen and oxygen atoms in total. The van der Waals surface area contributed by atoms with Crippen LogP contribution in [-0.2, 0) is 22.7 Å². The summed E-state index contributed by atoms with van der Waals surface area (Å²) in [6.45, 7) is 3.87. The summed E-state index contributed by atoms with van der Waals surface area (Å²) in [5, 5.41) is 9.65. The Morgan fingerprint density at radius 1 is 0.946 bits per heavy atom. The van der Waals surface area contributed by atoms with Crippen molar-refractivity contribution in [2.45, 2.75) is 27.0 Å². The van der Waals surface area contributed by atoms with Crippen molar-refractivity contribution in [2.75, 3.05) is 6.61 Å². The van der Waals surface area contributed by atoms with Gasteiger partial charge in [-0.15, -0.1) is 0 Å². The number of hydrogen-bond acceptors (Lipinski definition) is 5. The van der Waals surface area contributed by atoms with Gasteiger partial charge in [0.15, 0.2) is 11.5 Å². The van der Waals surface area contributed by atoms with Gasteiger partial charge in [-0.05, 0) is 54.8 Å². The summed E-state index contributed by atoms with van der Waals surface area (Å²) < 4.78 is 25.5. The van der Waals surface area contributed by atoms with E-state index in [1.54, 1.807) is 49.4 Å². The molecule has 1 aliphatic heterocycles. The van der Waals surface area contributed by atoms with Crippen molar-refractivity contribution in [1.29, 1.82) is 5.26 Å². The van der Waals surface area contributed by atoms with Crippen molar-refractivity contribution in [3.8, 4) is 17.6 Å². The lowest BCUT2D eigenvalue weighted by atomic mass is 9.93. The molecule has 7 heteroatoms. The average molecular weight is 497 g/mol. The van der Waals surface area contributed by atoms with Crippen molar-refractivity contribution < 1.29 is 23.5 Å². The lowest BCUT2D eigenvalue weighted by Gasteiger charge is -2.27. The van der Waals surface area contributed by atoms with Crippen molar-refractivity contribution >= 4 is 17.9 Å². The minimum absolute atomic E-state index is 0.0234. The molecule has 2 amide bonds. The standard InChI is InChI=1S/C30H25FN2O4/c1-3-36-28-16-22(13-14-27(28)37-19-23-11-7-8-12-26(23)31)15-24-20(2)25(17-32)30(35)33(29(24)34)18-21-9-5-4-6-10-21/h4-16H,3,18-19H2,1-2H3/b24-15+. The van der Waals surface area contributed by atoms with Gasteiger partial charge in [-0.1, -0.05) is 54.6 Å². The Bertz CT molecular complexity index is 1440. The summed E-state index contributed by atoms with van der Waals surface area (Å²) in [4.78, 5) is 27.4. The number of halogens is 1. The number of carbonyl (C=O) groups is 2. The first-order chi connectivity index (χ1) is 17.9. The van der Waals surface area contributed by atoms with Gasteiger partial charge in [-0.2, -0.15) is 5.26 Å². The Hall–Kier alpha value is -4.70. The third kappa shape index (κ3) is 5.60. The topological polar surface area (TPSA) is 79.6 Å². The fraction of sp³-hybridized carbons (Fsp3) is 0.167. The van der Waals surface area contributed by atoms with Gasteiger partial charge in [0.2, 0.25) is 0 Å². The first-order valence-corrected chi connectivity index (χ1v) is 11.8. The zero-order chi connectivity index (χ0) is 26.4. The number of benzene rings is 3. The first kappa shape index (κ1) is 25.4. The highest BCUT2D eigenvalue weighted by molar-refractivity contribution is 6.19. The third-order valence-corrected chi connectivity index (χ3v) is 5.93. The summed E-state index contributed by atoms with van der Waals surface area (Å²) in [6.07, 6.45) is 1.63. The molecule has 37 heavy (non-hydrogen) atoms. The Morgan fingerprint density at radius 2 is 1.68 bits per heavy atom. The molecule has 0 saturated carbocycles. The van der Waals surface area contributed by atoms with Gasteiger partial charge in [0, 0.05) is 11.1 Å². The summed E-state index contributed by atoms with van der Waals surface area (Å²) in [5.74, 6) is -0.604. The number of carbonyl (C=O) groups excluding carboxylic acids is 2. The van der Waals surface area contributed by atoms with E-state index in [2.05, 4.69) is 0 Å². The number of imide groups is 1. The van der Waals surface area contributed by atoms with E-state index in [4.69, 9.17) is 9.47 Å². The van der Waals surface area contributed by atoms with E-state index in [1.165, 1.54) is 6.07 Å². The number of hydrogen-bond donors (Lipinski definition) is 0. The molecule has 3 aromatic rings. The lowest BCUT2D eigenvalue weighted by Crippen LogP contribution is -2.42. The van der Waals surface area contributed by atoms with Gasteiger partial charge < -0.3 is 9.47 Å². The maximum atomic E-state index is 14.0. The molecule has 0 radical (unpaired) electrons. The number of amides is 2. The van der Waals surface area contributed by atoms with Gasteiger partial charge in [0.05, 0.1) is 13.2 Å². The SMILES string of the molecule is CCOc1cc(/C=C2/C(=O)N(Cc3ccccc3)C(=O)C(C#N)=C2C)ccc1OCc1ccccc1F. The maximum Gasteiger partial charge on any atom is 0.271 e. The first-order valence-electron chi connectivity index (χ1n) is 11.8. The highest BCUT2D eigenvalue weighted by Crippen LogP contribution is 2.33. The molecule has 3 aromatic carbocycles. The molecule has 0 spiro atoms. The minimum Gasteiger partial charge on any atom is -0.490 e. The Morgan fingerprint density at radius 3 is 2.38 bits per heavy atom. The molecule has 0 aliphatic carbocycles. The minimum atomic E-state index is -0.613. The van der Waals surface area contributed by atoms with Crippen LogP contribution in [0.4, 0.5) is 4.39 Å². The van der Waals surface area contributed by atoms with E-state index in [1.807, 2.05) is 43.3 Å². The van der Waals surface area contributed by atoms with Crippen molar-refractivity contribution in [2.24, 2.45) is 0 Å². The van der Waals surface area contributed by atoms with E-state index < -0.39 is 11.8 Å². The molecule has 0 atom stereocenters. The zero-order valence-electron chi connectivity index (χ0n) is 20.5. The predicted octanol–water partition coefficient (Wildman–Crippen LogP) is 5.60. The van der Waals surface area contributed by atoms with E-state index in [0.29, 0.717) is 34.8 Å². The number of ether oxygens (including phenoxy) is 2. The van der Waals surface area contributed by atoms with Crippen LogP contribution in [0.1, 0.15) is 30.5 Å². The largest absolute Gasteiger partial charge is 0.490 e. The second-order valence-electron chi connectivity index (χ2n) is 8.37. The van der Waals surface area contributed by atoms with Gasteiger partial charge in [0.1, 0.15) is 24.1 Å². The van der Waals surface area contributed by atoms with Crippen molar-refractivity contribution in [3.63, 3.8) is 0 Å². The van der Waals surface area contributed by atoms with Crippen LogP contribution >= 0.6 is 0 Å². The summed E-state index contributed by atoms with van der Waals surface area (Å²) >= 11 is 0. The van der Waals surface area contributed by atoms with Gasteiger partial charge >= 0.3 is 0 Å². The summed E-state index contributed by atoms with van der Waals surface area (Å²) in [6, 6.07) is 22.6. The molecule has 0 N–H and O–H groups in total. The number of nitrogens with zero attached hydrogens (tertiary/aromatic N) is 2. The fourth-order valence-corrected chi connectivity index (χ4v) is 3.98. The molecule has 0 fully saturated rings. The van der Waals surface area contributed by atoms with Crippen molar-refractivity contribution in [3.05, 3.63) is 112 Å². The number of rotatable bonds is 8. The lowest BCUT2D eigenvalue weighted by molar-refractivity contribution is -0.141. The maximum absolute atomic E-state index is 14.0. The van der Waals surface area contributed by atoms with Crippen molar-refractivity contribution in [1.82, 2.24) is 4.90 Å². The van der Waals surface area contributed by atoms with Crippen LogP contribution in [0.25, 0.3) is 6.08 Å². The van der Waals surface area contributed by atoms with Crippen LogP contribution in [0, 0.1) is 17.1 Å². The summed E-state index contributed by atoms with van der Waals surface area (Å²) in [5.41, 5.74) is 2.30. The van der Waals surface area contributed by atoms with Crippen LogP contribution in [-0.4, -0.2) is 23.3 Å². The van der Waals surface area contributed by atoms with Crippen LogP contribution in [0.5, 0.6) is 11.5 Å². The van der Waals surface area contributed by atoms with E-state index in [-0.39, 0.29) is 30.1 Å². The summed E-state index contributed by atoms with van der Waals surface area (Å²) in [7, 11) is 0. The molecule has 1 aliphatic rings. The quantitative estimate of drug-likeness (QED) is 0.300. The second-order valence-corrected chi connectivity index (χ2v) is 8.37. The molecule has 0 saturated heterocycles. The highest BCUT2D eigenvalue weighted by Gasteiger charge is 2.35. The van der Waals surface area contributed by atoms with Gasteiger partial charge in [0.25, 0.3) is 11.8 Å². The monoisotopic (exact) mass is 496 g/mol. The third-order valence-electron chi connectivity index (χ3n) is 5.93. The Labute approximate surface area is 214 Å². The highest BCUT2D eigenvalue weighted by atomic mass is 19.1. The average Bonchev–Trinajstić information content (AvgIpc) is 2.90. The van der Waals surface area contributed by atoms with Crippen LogP contribution < -0.4 is 9.47 Å². The molecule has 186 valence electrons. The molecule has 1 heterocycles. The van der Waals surface area contributed by atoms with E-state index in [0.717, 1.165) is 10.5 Å². The smallest absolute Gasteiger partial charge is 0.271 e. The van der Waals surface area contributed by atoms with E-state index >= 15 is 0 Å². The Balaban J connectivity index is 1.66. The molecular formula is C30H25FN2O4. The predicted molar refractivity (Wildman–Crippen MR) is 137 cm³/mol. The van der Waals surface area contributed by atoms with Gasteiger partial charge in [-0.3, -0.25) is 14.5 Å². The molecule has 0 unspecified atom stereocenters. The van der Waals surface area contributed by atoms with Crippen LogP contribution in [0.3, 0.4) is 0 Å². The molecule has 4 rings (SSSR count). The van der Waals surface area contributed by atoms with Crippen LogP contribution in [0.15, 0.2) is 89.5 Å². The Kier molecular flexibility index (Phi) is 7.80. The van der Waals surface area contributed by atoms with Crippen LogP contribution in [0.2, 0.25) is 0 Å². The fourth-order valence-electron chi connectivity index (χ4n) is 3.98. The molecule has 0 aromatic heterocycles. The molecular weight excluding hydrogens is 471 g/mol. The molecule has 0 bridgehead atoms. The zero-order valence-corrected chi connectivity index (χ0v) is 20.5.